The van der Waals surface area contributed by atoms with Gasteiger partial charge in [-0.1, -0.05) is 23.2 Å². The summed E-state index contributed by atoms with van der Waals surface area (Å²) in [6.45, 7) is 0.179. The number of halogens is 2. The van der Waals surface area contributed by atoms with E-state index in [4.69, 9.17) is 32.7 Å². The Morgan fingerprint density at radius 2 is 2.05 bits per heavy atom. The van der Waals surface area contributed by atoms with Crippen molar-refractivity contribution in [3.05, 3.63) is 50.4 Å². The van der Waals surface area contributed by atoms with Gasteiger partial charge in [-0.2, -0.15) is 4.98 Å². The summed E-state index contributed by atoms with van der Waals surface area (Å²) < 4.78 is 10.4. The van der Waals surface area contributed by atoms with Crippen LogP contribution in [0.25, 0.3) is 0 Å². The molecule has 0 aliphatic heterocycles. The summed E-state index contributed by atoms with van der Waals surface area (Å²) in [5.41, 5.74) is -0.204. The second kappa shape index (κ2) is 6.66. The van der Waals surface area contributed by atoms with Gasteiger partial charge in [0.1, 0.15) is 22.5 Å². The predicted octanol–water partition coefficient (Wildman–Crippen LogP) is 3.63. The summed E-state index contributed by atoms with van der Waals surface area (Å²) in [6, 6.07) is 5.40. The van der Waals surface area contributed by atoms with Gasteiger partial charge in [0.25, 0.3) is 5.69 Å². The van der Waals surface area contributed by atoms with Crippen molar-refractivity contribution in [3.63, 3.8) is 0 Å². The molecule has 7 nitrogen and oxygen atoms in total. The minimum absolute atomic E-state index is 0.0326. The summed E-state index contributed by atoms with van der Waals surface area (Å²) in [5.74, 6) is 0.837. The molecule has 0 bridgehead atoms. The second-order valence-corrected chi connectivity index (χ2v) is 4.64. The van der Waals surface area contributed by atoms with E-state index >= 15 is 0 Å². The Kier molecular flexibility index (Phi) is 4.89. The lowest BCUT2D eigenvalue weighted by atomic mass is 10.3. The Hall–Kier alpha value is -1.96. The molecular weight excluding hydrogens is 321 g/mol. The van der Waals surface area contributed by atoms with E-state index in [1.165, 1.54) is 31.4 Å². The molecule has 110 valence electrons. The Balaban J connectivity index is 2.25. The standard InChI is InChI=1S/C12H9Cl2N3O4/c1-20-6-11-15-10(14)5-12(16-11)21-7-2-3-9(17(18)19)8(13)4-7/h2-5H,6H2,1H3. The molecule has 0 radical (unpaired) electrons. The highest BCUT2D eigenvalue weighted by Gasteiger charge is 2.13. The maximum atomic E-state index is 10.7. The number of nitrogens with zero attached hydrogens (tertiary/aromatic N) is 3. The van der Waals surface area contributed by atoms with E-state index in [9.17, 15) is 10.1 Å². The van der Waals surface area contributed by atoms with E-state index in [-0.39, 0.29) is 28.3 Å². The number of nitro benzene ring substituents is 1. The molecule has 9 heteroatoms. The lowest BCUT2D eigenvalue weighted by Gasteiger charge is -2.07. The Labute approximate surface area is 129 Å². The molecule has 1 aromatic carbocycles. The van der Waals surface area contributed by atoms with Crippen LogP contribution in [-0.4, -0.2) is 22.0 Å². The van der Waals surface area contributed by atoms with Crippen molar-refractivity contribution >= 4 is 28.9 Å². The van der Waals surface area contributed by atoms with Gasteiger partial charge in [-0.25, -0.2) is 4.98 Å². The molecule has 2 rings (SSSR count). The van der Waals surface area contributed by atoms with E-state index in [2.05, 4.69) is 9.97 Å². The number of nitro groups is 1. The lowest BCUT2D eigenvalue weighted by molar-refractivity contribution is -0.384. The van der Waals surface area contributed by atoms with Crippen molar-refractivity contribution in [3.8, 4) is 11.6 Å². The summed E-state index contributed by atoms with van der Waals surface area (Å²) in [6.07, 6.45) is 0. The lowest BCUT2D eigenvalue weighted by Crippen LogP contribution is -1.99. The predicted molar refractivity (Wildman–Crippen MR) is 75.9 cm³/mol. The van der Waals surface area contributed by atoms with Crippen LogP contribution in [0.15, 0.2) is 24.3 Å². The van der Waals surface area contributed by atoms with Gasteiger partial charge in [-0.05, 0) is 6.07 Å². The molecule has 0 saturated carbocycles. The fraction of sp³-hybridized carbons (Fsp3) is 0.167. The molecule has 0 unspecified atom stereocenters. The maximum Gasteiger partial charge on any atom is 0.288 e. The van der Waals surface area contributed by atoms with Crippen LogP contribution in [-0.2, 0) is 11.3 Å². The van der Waals surface area contributed by atoms with Crippen LogP contribution < -0.4 is 4.74 Å². The van der Waals surface area contributed by atoms with E-state index < -0.39 is 4.92 Å². The zero-order chi connectivity index (χ0) is 15.4. The number of aromatic nitrogens is 2. The van der Waals surface area contributed by atoms with Crippen LogP contribution in [0.3, 0.4) is 0 Å². The summed E-state index contributed by atoms with van der Waals surface area (Å²) >= 11 is 11.7. The molecule has 0 aliphatic carbocycles. The zero-order valence-corrected chi connectivity index (χ0v) is 12.3. The largest absolute Gasteiger partial charge is 0.439 e. The van der Waals surface area contributed by atoms with Gasteiger partial charge in [0.05, 0.1) is 4.92 Å². The fourth-order valence-corrected chi connectivity index (χ4v) is 1.94. The summed E-state index contributed by atoms with van der Waals surface area (Å²) in [7, 11) is 1.50. The van der Waals surface area contributed by atoms with Crippen molar-refractivity contribution in [2.24, 2.45) is 0 Å². The monoisotopic (exact) mass is 329 g/mol. The first kappa shape index (κ1) is 15.4. The van der Waals surface area contributed by atoms with E-state index in [1.807, 2.05) is 0 Å². The molecular formula is C12H9Cl2N3O4. The number of methoxy groups -OCH3 is 1. The first-order valence-corrected chi connectivity index (χ1v) is 6.39. The Bertz CT molecular complexity index is 682. The van der Waals surface area contributed by atoms with Crippen molar-refractivity contribution in [1.29, 1.82) is 0 Å². The number of hydrogen-bond acceptors (Lipinski definition) is 6. The van der Waals surface area contributed by atoms with E-state index in [1.54, 1.807) is 0 Å². The summed E-state index contributed by atoms with van der Waals surface area (Å²) in [4.78, 5) is 18.1. The maximum absolute atomic E-state index is 10.7. The molecule has 0 fully saturated rings. The molecule has 0 N–H and O–H groups in total. The van der Waals surface area contributed by atoms with Crippen molar-refractivity contribution < 1.29 is 14.4 Å². The minimum atomic E-state index is -0.579. The molecule has 1 heterocycles. The second-order valence-electron chi connectivity index (χ2n) is 3.85. The molecule has 0 spiro atoms. The number of hydrogen-bond donors (Lipinski definition) is 0. The average Bonchev–Trinajstić information content (AvgIpc) is 2.37. The van der Waals surface area contributed by atoms with Crippen LogP contribution in [0, 0.1) is 10.1 Å². The van der Waals surface area contributed by atoms with Crippen molar-refractivity contribution in [2.45, 2.75) is 6.61 Å². The molecule has 0 aliphatic rings. The highest BCUT2D eigenvalue weighted by Crippen LogP contribution is 2.30. The summed E-state index contributed by atoms with van der Waals surface area (Å²) in [5, 5.41) is 10.8. The number of benzene rings is 1. The first-order valence-electron chi connectivity index (χ1n) is 5.64. The SMILES string of the molecule is COCc1nc(Cl)cc(Oc2ccc([N+](=O)[O-])c(Cl)c2)n1. The van der Waals surface area contributed by atoms with Gasteiger partial charge >= 0.3 is 0 Å². The third-order valence-electron chi connectivity index (χ3n) is 2.33. The highest BCUT2D eigenvalue weighted by molar-refractivity contribution is 6.32. The van der Waals surface area contributed by atoms with E-state index in [0.717, 1.165) is 0 Å². The van der Waals surface area contributed by atoms with Crippen LogP contribution in [0.2, 0.25) is 10.2 Å². The number of ether oxygens (including phenoxy) is 2. The van der Waals surface area contributed by atoms with Gasteiger partial charge in [0, 0.05) is 25.3 Å². The van der Waals surface area contributed by atoms with Crippen molar-refractivity contribution in [2.75, 3.05) is 7.11 Å². The van der Waals surface area contributed by atoms with Crippen LogP contribution in [0.5, 0.6) is 11.6 Å². The third kappa shape index (κ3) is 4.01. The van der Waals surface area contributed by atoms with Gasteiger partial charge < -0.3 is 9.47 Å². The molecule has 0 amide bonds. The Morgan fingerprint density at radius 3 is 2.67 bits per heavy atom. The minimum Gasteiger partial charge on any atom is -0.439 e. The number of rotatable bonds is 5. The zero-order valence-electron chi connectivity index (χ0n) is 10.7. The quantitative estimate of drug-likeness (QED) is 0.473. The molecule has 1 aromatic heterocycles. The van der Waals surface area contributed by atoms with Gasteiger partial charge in [-0.3, -0.25) is 10.1 Å². The average molecular weight is 330 g/mol. The molecule has 2 aromatic rings. The van der Waals surface area contributed by atoms with Crippen LogP contribution in [0.4, 0.5) is 5.69 Å². The van der Waals surface area contributed by atoms with Gasteiger partial charge in [0.15, 0.2) is 5.82 Å². The third-order valence-corrected chi connectivity index (χ3v) is 2.83. The molecule has 0 atom stereocenters. The highest BCUT2D eigenvalue weighted by atomic mass is 35.5. The van der Waals surface area contributed by atoms with Gasteiger partial charge in [-0.15, -0.1) is 0 Å². The smallest absolute Gasteiger partial charge is 0.288 e. The first-order chi connectivity index (χ1) is 9.99. The normalized spacial score (nSPS) is 10.4. The van der Waals surface area contributed by atoms with Gasteiger partial charge in [0.2, 0.25) is 5.88 Å². The fourth-order valence-electron chi connectivity index (χ4n) is 1.51. The van der Waals surface area contributed by atoms with Crippen LogP contribution >= 0.6 is 23.2 Å². The topological polar surface area (TPSA) is 87.4 Å². The van der Waals surface area contributed by atoms with E-state index in [0.29, 0.717) is 11.6 Å². The van der Waals surface area contributed by atoms with Crippen LogP contribution in [0.1, 0.15) is 5.82 Å². The van der Waals surface area contributed by atoms with Crippen molar-refractivity contribution in [1.82, 2.24) is 9.97 Å². The molecule has 0 saturated heterocycles. The Morgan fingerprint density at radius 1 is 1.29 bits per heavy atom. The molecule has 21 heavy (non-hydrogen) atoms.